The monoisotopic (exact) mass is 310 g/mol. The fourth-order valence-electron chi connectivity index (χ4n) is 2.14. The van der Waals surface area contributed by atoms with Crippen molar-refractivity contribution in [2.45, 2.75) is 12.5 Å². The van der Waals surface area contributed by atoms with Crippen molar-refractivity contribution in [3.63, 3.8) is 0 Å². The van der Waals surface area contributed by atoms with E-state index in [4.69, 9.17) is 4.42 Å². The predicted molar refractivity (Wildman–Crippen MR) is 66.0 cm³/mol. The first-order valence-corrected chi connectivity index (χ1v) is 6.44. The smallest absolute Gasteiger partial charge is 0.289 e. The number of amides is 1. The standard InChI is InChI=1S/C11H11BrN4O2/c12-10-2-1-9(18-10)11(17)15-5-3-8(7-15)16-6-4-13-14-16/h1-2,4,6,8H,3,5,7H2. The third-order valence-corrected chi connectivity index (χ3v) is 3.48. The molecule has 0 saturated carbocycles. The van der Waals surface area contributed by atoms with Crippen LogP contribution in [0.15, 0.2) is 33.6 Å². The number of carbonyl (C=O) groups is 1. The van der Waals surface area contributed by atoms with Crippen LogP contribution >= 0.6 is 15.9 Å². The van der Waals surface area contributed by atoms with Crippen LogP contribution in [0.3, 0.4) is 0 Å². The van der Waals surface area contributed by atoms with Crippen molar-refractivity contribution in [3.8, 4) is 0 Å². The molecule has 1 aliphatic rings. The highest BCUT2D eigenvalue weighted by molar-refractivity contribution is 9.10. The summed E-state index contributed by atoms with van der Waals surface area (Å²) in [6.07, 6.45) is 4.35. The van der Waals surface area contributed by atoms with Gasteiger partial charge in [-0.3, -0.25) is 4.79 Å². The second kappa shape index (κ2) is 4.56. The third kappa shape index (κ3) is 2.05. The summed E-state index contributed by atoms with van der Waals surface area (Å²) in [7, 11) is 0. The van der Waals surface area contributed by atoms with Crippen molar-refractivity contribution in [2.24, 2.45) is 0 Å². The molecule has 1 fully saturated rings. The van der Waals surface area contributed by atoms with Gasteiger partial charge < -0.3 is 9.32 Å². The number of nitrogens with zero attached hydrogens (tertiary/aromatic N) is 4. The van der Waals surface area contributed by atoms with Crippen LogP contribution in [-0.4, -0.2) is 38.9 Å². The largest absolute Gasteiger partial charge is 0.444 e. The average Bonchev–Trinajstić information content (AvgIpc) is 3.09. The number of likely N-dealkylation sites (tertiary alicyclic amines) is 1. The van der Waals surface area contributed by atoms with Crippen LogP contribution < -0.4 is 0 Å². The van der Waals surface area contributed by atoms with Gasteiger partial charge in [0.1, 0.15) is 0 Å². The molecule has 18 heavy (non-hydrogen) atoms. The Hall–Kier alpha value is -1.63. The van der Waals surface area contributed by atoms with Gasteiger partial charge in [0.25, 0.3) is 5.91 Å². The number of furan rings is 1. The number of carbonyl (C=O) groups excluding carboxylic acids is 1. The van der Waals surface area contributed by atoms with Crippen molar-refractivity contribution >= 4 is 21.8 Å². The molecule has 2 aromatic heterocycles. The van der Waals surface area contributed by atoms with Gasteiger partial charge in [-0.1, -0.05) is 5.21 Å². The molecule has 0 aliphatic carbocycles. The second-order valence-corrected chi connectivity index (χ2v) is 4.96. The van der Waals surface area contributed by atoms with Crippen molar-refractivity contribution in [3.05, 3.63) is 35.0 Å². The molecule has 0 N–H and O–H groups in total. The van der Waals surface area contributed by atoms with Crippen LogP contribution in [-0.2, 0) is 0 Å². The van der Waals surface area contributed by atoms with Crippen LogP contribution in [0.2, 0.25) is 0 Å². The lowest BCUT2D eigenvalue weighted by Gasteiger charge is -2.14. The van der Waals surface area contributed by atoms with Gasteiger partial charge in [0.2, 0.25) is 0 Å². The highest BCUT2D eigenvalue weighted by atomic mass is 79.9. The fraction of sp³-hybridized carbons (Fsp3) is 0.364. The zero-order valence-electron chi connectivity index (χ0n) is 9.49. The Balaban J connectivity index is 1.70. The normalized spacial score (nSPS) is 19.4. The molecular formula is C11H11BrN4O2. The fourth-order valence-corrected chi connectivity index (χ4v) is 2.45. The van der Waals surface area contributed by atoms with Crippen molar-refractivity contribution in [1.82, 2.24) is 19.9 Å². The molecule has 1 unspecified atom stereocenters. The summed E-state index contributed by atoms with van der Waals surface area (Å²) in [5.41, 5.74) is 0. The first kappa shape index (κ1) is 11.5. The van der Waals surface area contributed by atoms with Crippen LogP contribution in [0, 0.1) is 0 Å². The van der Waals surface area contributed by atoms with E-state index in [1.807, 2.05) is 6.20 Å². The molecule has 0 radical (unpaired) electrons. The number of halogens is 1. The molecule has 1 atom stereocenters. The minimum atomic E-state index is -0.0803. The van der Waals surface area contributed by atoms with E-state index < -0.39 is 0 Å². The number of aromatic nitrogens is 3. The summed E-state index contributed by atoms with van der Waals surface area (Å²) >= 11 is 3.19. The third-order valence-electron chi connectivity index (χ3n) is 3.05. The molecular weight excluding hydrogens is 300 g/mol. The van der Waals surface area contributed by atoms with Gasteiger partial charge in [0.15, 0.2) is 10.4 Å². The summed E-state index contributed by atoms with van der Waals surface area (Å²) in [4.78, 5) is 13.9. The quantitative estimate of drug-likeness (QED) is 0.847. The molecule has 1 amide bonds. The molecule has 1 aliphatic heterocycles. The van der Waals surface area contributed by atoms with Gasteiger partial charge >= 0.3 is 0 Å². The highest BCUT2D eigenvalue weighted by Gasteiger charge is 2.29. The summed E-state index contributed by atoms with van der Waals surface area (Å²) in [6.45, 7) is 1.35. The minimum Gasteiger partial charge on any atom is -0.444 e. The molecule has 94 valence electrons. The Morgan fingerprint density at radius 2 is 2.39 bits per heavy atom. The zero-order chi connectivity index (χ0) is 12.5. The summed E-state index contributed by atoms with van der Waals surface area (Å²) < 4.78 is 7.64. The van der Waals surface area contributed by atoms with Crippen molar-refractivity contribution < 1.29 is 9.21 Å². The molecule has 7 heteroatoms. The van der Waals surface area contributed by atoms with E-state index in [9.17, 15) is 4.79 Å². The topological polar surface area (TPSA) is 64.2 Å². The number of hydrogen-bond acceptors (Lipinski definition) is 4. The Kier molecular flexibility index (Phi) is 2.91. The predicted octanol–water partition coefficient (Wildman–Crippen LogP) is 1.72. The Morgan fingerprint density at radius 3 is 3.06 bits per heavy atom. The van der Waals surface area contributed by atoms with E-state index in [1.165, 1.54) is 0 Å². The molecule has 0 spiro atoms. The molecule has 1 saturated heterocycles. The second-order valence-electron chi connectivity index (χ2n) is 4.18. The van der Waals surface area contributed by atoms with Crippen LogP contribution in [0.4, 0.5) is 0 Å². The molecule has 3 heterocycles. The van der Waals surface area contributed by atoms with Gasteiger partial charge in [-0.25, -0.2) is 4.68 Å². The van der Waals surface area contributed by atoms with E-state index in [2.05, 4.69) is 26.2 Å². The number of rotatable bonds is 2. The summed E-state index contributed by atoms with van der Waals surface area (Å²) in [5, 5.41) is 7.75. The van der Waals surface area contributed by atoms with E-state index in [0.717, 1.165) is 6.42 Å². The number of hydrogen-bond donors (Lipinski definition) is 0. The maximum atomic E-state index is 12.1. The van der Waals surface area contributed by atoms with E-state index in [1.54, 1.807) is 27.9 Å². The van der Waals surface area contributed by atoms with Gasteiger partial charge in [0.05, 0.1) is 12.2 Å². The van der Waals surface area contributed by atoms with Crippen LogP contribution in [0.5, 0.6) is 0 Å². The summed E-state index contributed by atoms with van der Waals surface area (Å²) in [5.74, 6) is 0.282. The molecule has 3 rings (SSSR count). The van der Waals surface area contributed by atoms with Crippen LogP contribution in [0.25, 0.3) is 0 Å². The van der Waals surface area contributed by atoms with Gasteiger partial charge in [-0.05, 0) is 34.5 Å². The molecule has 0 aromatic carbocycles. The zero-order valence-corrected chi connectivity index (χ0v) is 11.1. The van der Waals surface area contributed by atoms with Gasteiger partial charge in [-0.15, -0.1) is 5.10 Å². The molecule has 2 aromatic rings. The van der Waals surface area contributed by atoms with Crippen molar-refractivity contribution in [1.29, 1.82) is 0 Å². The van der Waals surface area contributed by atoms with E-state index >= 15 is 0 Å². The van der Waals surface area contributed by atoms with Crippen LogP contribution in [0.1, 0.15) is 23.0 Å². The minimum absolute atomic E-state index is 0.0803. The first-order valence-electron chi connectivity index (χ1n) is 5.64. The molecule has 6 nitrogen and oxygen atoms in total. The Morgan fingerprint density at radius 1 is 1.50 bits per heavy atom. The van der Waals surface area contributed by atoms with E-state index in [-0.39, 0.29) is 11.9 Å². The Bertz CT molecular complexity index is 551. The summed E-state index contributed by atoms with van der Waals surface area (Å²) in [6, 6.07) is 3.60. The average molecular weight is 311 g/mol. The lowest BCUT2D eigenvalue weighted by Crippen LogP contribution is -2.28. The van der Waals surface area contributed by atoms with Gasteiger partial charge in [0, 0.05) is 19.3 Å². The van der Waals surface area contributed by atoms with Gasteiger partial charge in [-0.2, -0.15) is 0 Å². The first-order chi connectivity index (χ1) is 8.74. The maximum absolute atomic E-state index is 12.1. The highest BCUT2D eigenvalue weighted by Crippen LogP contribution is 2.23. The molecule has 0 bridgehead atoms. The lowest BCUT2D eigenvalue weighted by molar-refractivity contribution is 0.0754. The van der Waals surface area contributed by atoms with Crippen molar-refractivity contribution in [2.75, 3.05) is 13.1 Å². The Labute approximate surface area is 112 Å². The van der Waals surface area contributed by atoms with E-state index in [0.29, 0.717) is 23.5 Å². The SMILES string of the molecule is O=C(c1ccc(Br)o1)N1CCC(n2ccnn2)C1. The lowest BCUT2D eigenvalue weighted by atomic mass is 10.3. The maximum Gasteiger partial charge on any atom is 0.289 e.